The summed E-state index contributed by atoms with van der Waals surface area (Å²) in [6, 6.07) is 11.2. The summed E-state index contributed by atoms with van der Waals surface area (Å²) in [7, 11) is 5.50. The first kappa shape index (κ1) is 25.3. The van der Waals surface area contributed by atoms with Crippen LogP contribution >= 0.6 is 0 Å². The van der Waals surface area contributed by atoms with Crippen molar-refractivity contribution in [3.8, 4) is 11.5 Å². The Bertz CT molecular complexity index is 995. The van der Waals surface area contributed by atoms with Gasteiger partial charge in [0.2, 0.25) is 0 Å². The van der Waals surface area contributed by atoms with Gasteiger partial charge in [-0.2, -0.15) is 0 Å². The summed E-state index contributed by atoms with van der Waals surface area (Å²) in [5.74, 6) is 0.761. The van der Waals surface area contributed by atoms with Crippen LogP contribution in [-0.4, -0.2) is 79.9 Å². The molecule has 34 heavy (non-hydrogen) atoms. The number of hydrogen-bond acceptors (Lipinski definition) is 6. The molecule has 0 aromatic heterocycles. The minimum atomic E-state index is -0.463. The van der Waals surface area contributed by atoms with Crippen LogP contribution in [0.1, 0.15) is 24.2 Å². The van der Waals surface area contributed by atoms with Gasteiger partial charge >= 0.3 is 6.03 Å². The van der Waals surface area contributed by atoms with E-state index >= 15 is 0 Å². The second-order valence-corrected chi connectivity index (χ2v) is 8.87. The third kappa shape index (κ3) is 5.98. The standard InChI is InChI=1S/C25H34N4O5/c1-16-13-29(17(2)15-30)24(31)20-7-6-8-21(23(20)34-22(16)14-28(3)4)27-25(32)26-18-9-11-19(33-5)12-10-18/h6-12,16-17,22,30H,13-15H2,1-5H3,(H2,26,27,32)/t16-,17+,22-/m0/s1. The maximum absolute atomic E-state index is 13.4. The van der Waals surface area contributed by atoms with Gasteiger partial charge in [-0.05, 0) is 57.4 Å². The number of hydrogen-bond donors (Lipinski definition) is 3. The lowest BCUT2D eigenvalue weighted by Crippen LogP contribution is -2.49. The van der Waals surface area contributed by atoms with Gasteiger partial charge in [0.15, 0.2) is 5.75 Å². The van der Waals surface area contributed by atoms with Crippen molar-refractivity contribution < 1.29 is 24.2 Å². The van der Waals surface area contributed by atoms with E-state index in [9.17, 15) is 14.7 Å². The van der Waals surface area contributed by atoms with Gasteiger partial charge in [-0.15, -0.1) is 0 Å². The third-order valence-electron chi connectivity index (χ3n) is 5.83. The molecule has 184 valence electrons. The minimum absolute atomic E-state index is 0.00492. The van der Waals surface area contributed by atoms with E-state index in [0.717, 1.165) is 0 Å². The molecule has 0 radical (unpaired) electrons. The van der Waals surface area contributed by atoms with Gasteiger partial charge in [0.05, 0.1) is 31.0 Å². The number of likely N-dealkylation sites (N-methyl/N-ethyl adjacent to an activating group) is 1. The van der Waals surface area contributed by atoms with Crippen LogP contribution < -0.4 is 20.1 Å². The second kappa shape index (κ2) is 11.2. The van der Waals surface area contributed by atoms with E-state index in [0.29, 0.717) is 41.5 Å². The van der Waals surface area contributed by atoms with Gasteiger partial charge in [-0.25, -0.2) is 4.79 Å². The molecule has 0 unspecified atom stereocenters. The van der Waals surface area contributed by atoms with Gasteiger partial charge in [-0.1, -0.05) is 13.0 Å². The summed E-state index contributed by atoms with van der Waals surface area (Å²) in [5, 5.41) is 15.4. The monoisotopic (exact) mass is 470 g/mol. The lowest BCUT2D eigenvalue weighted by atomic mass is 9.99. The summed E-state index contributed by atoms with van der Waals surface area (Å²) < 4.78 is 11.5. The van der Waals surface area contributed by atoms with Crippen molar-refractivity contribution in [2.24, 2.45) is 5.92 Å². The van der Waals surface area contributed by atoms with Gasteiger partial charge in [0.1, 0.15) is 11.9 Å². The molecule has 0 fully saturated rings. The van der Waals surface area contributed by atoms with E-state index < -0.39 is 6.03 Å². The summed E-state index contributed by atoms with van der Waals surface area (Å²) in [5.41, 5.74) is 1.33. The number of benzene rings is 2. The Morgan fingerprint density at radius 1 is 1.24 bits per heavy atom. The van der Waals surface area contributed by atoms with E-state index in [1.54, 1.807) is 54.5 Å². The average molecular weight is 471 g/mol. The highest BCUT2D eigenvalue weighted by Crippen LogP contribution is 2.35. The zero-order valence-corrected chi connectivity index (χ0v) is 20.4. The van der Waals surface area contributed by atoms with E-state index in [4.69, 9.17) is 9.47 Å². The molecule has 0 bridgehead atoms. The zero-order valence-electron chi connectivity index (χ0n) is 20.4. The number of aliphatic hydroxyl groups is 1. The normalized spacial score (nSPS) is 18.9. The highest BCUT2D eigenvalue weighted by atomic mass is 16.5. The van der Waals surface area contributed by atoms with Crippen LogP contribution in [0.4, 0.5) is 16.2 Å². The maximum Gasteiger partial charge on any atom is 0.323 e. The van der Waals surface area contributed by atoms with E-state index in [-0.39, 0.29) is 30.6 Å². The van der Waals surface area contributed by atoms with Crippen LogP contribution in [0.2, 0.25) is 0 Å². The maximum atomic E-state index is 13.4. The van der Waals surface area contributed by atoms with E-state index in [1.807, 2.05) is 32.8 Å². The number of rotatable bonds is 7. The molecular formula is C25H34N4O5. The topological polar surface area (TPSA) is 103 Å². The number of nitrogens with one attached hydrogen (secondary N) is 2. The van der Waals surface area contributed by atoms with Gasteiger partial charge < -0.3 is 35.0 Å². The molecule has 2 aromatic rings. The molecule has 3 amide bonds. The largest absolute Gasteiger partial charge is 0.497 e. The van der Waals surface area contributed by atoms with Crippen LogP contribution in [0.3, 0.4) is 0 Å². The zero-order chi connectivity index (χ0) is 24.8. The van der Waals surface area contributed by atoms with Crippen LogP contribution in [0.5, 0.6) is 11.5 Å². The predicted octanol–water partition coefficient (Wildman–Crippen LogP) is 3.12. The first-order chi connectivity index (χ1) is 16.2. The van der Waals surface area contributed by atoms with Gasteiger partial charge in [-0.3, -0.25) is 4.79 Å². The molecule has 3 N–H and O–H groups in total. The van der Waals surface area contributed by atoms with E-state index in [1.165, 1.54) is 0 Å². The number of amides is 3. The number of methoxy groups -OCH3 is 1. The minimum Gasteiger partial charge on any atom is -0.497 e. The summed E-state index contributed by atoms with van der Waals surface area (Å²) in [6.07, 6.45) is -0.233. The average Bonchev–Trinajstić information content (AvgIpc) is 2.81. The molecule has 2 aromatic carbocycles. The molecule has 3 atom stereocenters. The Balaban J connectivity index is 1.93. The van der Waals surface area contributed by atoms with Crippen molar-refractivity contribution in [1.29, 1.82) is 0 Å². The summed E-state index contributed by atoms with van der Waals surface area (Å²) in [4.78, 5) is 29.9. The smallest absolute Gasteiger partial charge is 0.323 e. The number of ether oxygens (including phenoxy) is 2. The lowest BCUT2D eigenvalue weighted by molar-refractivity contribution is 0.0365. The highest BCUT2D eigenvalue weighted by molar-refractivity contribution is 6.04. The Hall–Kier alpha value is -3.30. The number of para-hydroxylation sites is 1. The quantitative estimate of drug-likeness (QED) is 0.575. The number of nitrogens with zero attached hydrogens (tertiary/aromatic N) is 2. The van der Waals surface area contributed by atoms with Crippen molar-refractivity contribution in [1.82, 2.24) is 9.80 Å². The number of fused-ring (bicyclic) bond motifs is 1. The van der Waals surface area contributed by atoms with Crippen molar-refractivity contribution in [2.75, 3.05) is 51.5 Å². The number of urea groups is 1. The fourth-order valence-electron chi connectivity index (χ4n) is 3.88. The molecule has 9 heteroatoms. The van der Waals surface area contributed by atoms with Crippen molar-refractivity contribution in [3.63, 3.8) is 0 Å². The van der Waals surface area contributed by atoms with Crippen LogP contribution in [0.15, 0.2) is 42.5 Å². The molecule has 0 saturated carbocycles. The van der Waals surface area contributed by atoms with Crippen molar-refractivity contribution in [2.45, 2.75) is 26.0 Å². The molecule has 1 aliphatic rings. The summed E-state index contributed by atoms with van der Waals surface area (Å²) >= 11 is 0. The van der Waals surface area contributed by atoms with E-state index in [2.05, 4.69) is 10.6 Å². The predicted molar refractivity (Wildman–Crippen MR) is 132 cm³/mol. The van der Waals surface area contributed by atoms with Gasteiger partial charge in [0, 0.05) is 24.7 Å². The first-order valence-corrected chi connectivity index (χ1v) is 11.3. The Morgan fingerprint density at radius 3 is 2.56 bits per heavy atom. The number of carbonyl (C=O) groups excluding carboxylic acids is 2. The van der Waals surface area contributed by atoms with Crippen molar-refractivity contribution in [3.05, 3.63) is 48.0 Å². The van der Waals surface area contributed by atoms with Crippen LogP contribution in [0, 0.1) is 5.92 Å². The Kier molecular flexibility index (Phi) is 8.36. The molecule has 0 spiro atoms. The SMILES string of the molecule is COc1ccc(NC(=O)Nc2cccc3c2O[C@@H](CN(C)C)[C@@H](C)CN([C@H](C)CO)C3=O)cc1. The molecule has 0 aliphatic carbocycles. The molecule has 0 saturated heterocycles. The summed E-state index contributed by atoms with van der Waals surface area (Å²) in [6.45, 7) is 4.78. The number of anilines is 2. The van der Waals surface area contributed by atoms with Crippen molar-refractivity contribution >= 4 is 23.3 Å². The molecule has 1 aliphatic heterocycles. The highest BCUT2D eigenvalue weighted by Gasteiger charge is 2.34. The van der Waals surface area contributed by atoms with Crippen LogP contribution in [-0.2, 0) is 0 Å². The molecule has 1 heterocycles. The Morgan fingerprint density at radius 2 is 1.94 bits per heavy atom. The van der Waals surface area contributed by atoms with Gasteiger partial charge in [0.25, 0.3) is 5.91 Å². The fourth-order valence-corrected chi connectivity index (χ4v) is 3.88. The molecular weight excluding hydrogens is 436 g/mol. The first-order valence-electron chi connectivity index (χ1n) is 11.3. The number of carbonyl (C=O) groups is 2. The lowest BCUT2D eigenvalue weighted by Gasteiger charge is -2.38. The third-order valence-corrected chi connectivity index (χ3v) is 5.83. The fraction of sp³-hybridized carbons (Fsp3) is 0.440. The number of aliphatic hydroxyl groups excluding tert-OH is 1. The second-order valence-electron chi connectivity index (χ2n) is 8.87. The molecule has 9 nitrogen and oxygen atoms in total. The Labute approximate surface area is 200 Å². The van der Waals surface area contributed by atoms with Crippen LogP contribution in [0.25, 0.3) is 0 Å². The molecule has 3 rings (SSSR count).